The maximum atomic E-state index is 10.4. The molecule has 0 fully saturated rings. The quantitative estimate of drug-likeness (QED) is 0.459. The van der Waals surface area contributed by atoms with Gasteiger partial charge in [-0.2, -0.15) is 0 Å². The summed E-state index contributed by atoms with van der Waals surface area (Å²) in [6, 6.07) is 0. The van der Waals surface area contributed by atoms with Crippen molar-refractivity contribution < 1.29 is 9.84 Å². The van der Waals surface area contributed by atoms with Crippen molar-refractivity contribution in [1.82, 2.24) is 9.80 Å². The third-order valence-electron chi connectivity index (χ3n) is 4.20. The third kappa shape index (κ3) is 12.9. The molecule has 0 aromatic carbocycles. The summed E-state index contributed by atoms with van der Waals surface area (Å²) in [7, 11) is 0. The lowest BCUT2D eigenvalue weighted by Gasteiger charge is -2.21. The van der Waals surface area contributed by atoms with E-state index in [0.717, 1.165) is 32.7 Å². The molecule has 1 N–H and O–H groups in total. The predicted octanol–water partition coefficient (Wildman–Crippen LogP) is 2.47. The number of hydrogen-bond acceptors (Lipinski definition) is 4. The number of hydrogen-bond donors (Lipinski definition) is 1. The minimum absolute atomic E-state index is 0.238. The molecule has 0 aliphatic rings. The topological polar surface area (TPSA) is 35.9 Å². The molecule has 0 radical (unpaired) electrons. The van der Waals surface area contributed by atoms with Gasteiger partial charge in [0.25, 0.3) is 0 Å². The van der Waals surface area contributed by atoms with Crippen LogP contribution in [0.2, 0.25) is 0 Å². The minimum Gasteiger partial charge on any atom is -0.378 e. The van der Waals surface area contributed by atoms with Crippen LogP contribution in [0, 0.1) is 29.6 Å². The van der Waals surface area contributed by atoms with Gasteiger partial charge in [0.2, 0.25) is 0 Å². The first-order chi connectivity index (χ1) is 11.9. The van der Waals surface area contributed by atoms with Gasteiger partial charge in [0, 0.05) is 0 Å². The second-order valence-corrected chi connectivity index (χ2v) is 6.68. The lowest BCUT2D eigenvalue weighted by Crippen LogP contribution is -2.28. The molecule has 144 valence electrons. The maximum Gasteiger partial charge on any atom is 0.123 e. The van der Waals surface area contributed by atoms with Crippen molar-refractivity contribution in [2.45, 2.75) is 53.6 Å². The summed E-state index contributed by atoms with van der Waals surface area (Å²) in [5.41, 5.74) is -0.968. The summed E-state index contributed by atoms with van der Waals surface area (Å²) in [5.74, 6) is 12.5. The van der Waals surface area contributed by atoms with Gasteiger partial charge in [-0.1, -0.05) is 58.3 Å². The Labute approximate surface area is 155 Å². The highest BCUT2D eigenvalue weighted by molar-refractivity contribution is 5.13. The Morgan fingerprint density at radius 1 is 0.920 bits per heavy atom. The molecular weight excluding hydrogens is 312 g/mol. The van der Waals surface area contributed by atoms with Gasteiger partial charge in [-0.05, 0) is 45.4 Å². The Morgan fingerprint density at radius 2 is 1.44 bits per heavy atom. The molecule has 0 aliphatic carbocycles. The van der Waals surface area contributed by atoms with Gasteiger partial charge in [-0.15, -0.1) is 0 Å². The van der Waals surface area contributed by atoms with E-state index in [1.165, 1.54) is 0 Å². The zero-order valence-corrected chi connectivity index (χ0v) is 17.2. The fraction of sp³-hybridized carbons (Fsp3) is 0.810. The van der Waals surface area contributed by atoms with Crippen LogP contribution in [-0.2, 0) is 4.74 Å². The van der Waals surface area contributed by atoms with Crippen LogP contribution in [0.5, 0.6) is 0 Å². The lowest BCUT2D eigenvalue weighted by atomic mass is 9.94. The molecule has 2 atom stereocenters. The van der Waals surface area contributed by atoms with E-state index in [-0.39, 0.29) is 5.92 Å². The van der Waals surface area contributed by atoms with Crippen molar-refractivity contribution in [2.75, 3.05) is 52.5 Å². The van der Waals surface area contributed by atoms with Crippen LogP contribution >= 0.6 is 0 Å². The largest absolute Gasteiger partial charge is 0.378 e. The molecule has 0 bridgehead atoms. The second-order valence-electron chi connectivity index (χ2n) is 6.68. The average molecular weight is 351 g/mol. The van der Waals surface area contributed by atoms with Gasteiger partial charge in [-0.25, -0.2) is 0 Å². The molecule has 2 unspecified atom stereocenters. The smallest absolute Gasteiger partial charge is 0.123 e. The van der Waals surface area contributed by atoms with Crippen molar-refractivity contribution in [3.63, 3.8) is 0 Å². The van der Waals surface area contributed by atoms with E-state index < -0.39 is 5.60 Å². The molecule has 0 spiro atoms. The number of aliphatic hydroxyl groups is 1. The molecule has 0 aromatic heterocycles. The molecule has 0 aromatic rings. The van der Waals surface area contributed by atoms with Crippen molar-refractivity contribution in [2.24, 2.45) is 5.92 Å². The van der Waals surface area contributed by atoms with Crippen LogP contribution in [0.25, 0.3) is 0 Å². The zero-order chi connectivity index (χ0) is 19.1. The summed E-state index contributed by atoms with van der Waals surface area (Å²) in [6.45, 7) is 18.9. The van der Waals surface area contributed by atoms with Crippen LogP contribution in [0.1, 0.15) is 48.0 Å². The Bertz CT molecular complexity index is 446. The Kier molecular flexibility index (Phi) is 13.6. The second kappa shape index (κ2) is 14.2. The molecule has 0 saturated heterocycles. The van der Waals surface area contributed by atoms with Crippen LogP contribution in [0.4, 0.5) is 0 Å². The highest BCUT2D eigenvalue weighted by Crippen LogP contribution is 2.16. The van der Waals surface area contributed by atoms with Crippen molar-refractivity contribution in [3.05, 3.63) is 0 Å². The third-order valence-corrected chi connectivity index (χ3v) is 4.20. The van der Waals surface area contributed by atoms with Gasteiger partial charge >= 0.3 is 0 Å². The fourth-order valence-electron chi connectivity index (χ4n) is 2.55. The number of ether oxygens (including phenoxy) is 1. The molecule has 0 aliphatic heterocycles. The summed E-state index contributed by atoms with van der Waals surface area (Å²) >= 11 is 0. The fourth-order valence-corrected chi connectivity index (χ4v) is 2.55. The van der Waals surface area contributed by atoms with E-state index in [2.05, 4.69) is 68.1 Å². The Morgan fingerprint density at radius 3 is 1.96 bits per heavy atom. The van der Waals surface area contributed by atoms with Gasteiger partial charge in [-0.3, -0.25) is 9.80 Å². The molecule has 4 heteroatoms. The summed E-state index contributed by atoms with van der Waals surface area (Å²) in [4.78, 5) is 4.50. The SMILES string of the molecule is CCN(CC)CC#CCOCC(C)CC(C)(O)C#CCN(CC)CC. The van der Waals surface area contributed by atoms with E-state index in [4.69, 9.17) is 4.74 Å². The van der Waals surface area contributed by atoms with E-state index in [9.17, 15) is 5.11 Å². The normalized spacial score (nSPS) is 14.4. The van der Waals surface area contributed by atoms with Crippen LogP contribution < -0.4 is 0 Å². The highest BCUT2D eigenvalue weighted by atomic mass is 16.5. The molecule has 0 rings (SSSR count). The monoisotopic (exact) mass is 350 g/mol. The first-order valence-electron chi connectivity index (χ1n) is 9.58. The highest BCUT2D eigenvalue weighted by Gasteiger charge is 2.20. The van der Waals surface area contributed by atoms with E-state index in [0.29, 0.717) is 26.2 Å². The molecule has 0 amide bonds. The van der Waals surface area contributed by atoms with E-state index in [1.807, 2.05) is 0 Å². The van der Waals surface area contributed by atoms with Gasteiger partial charge < -0.3 is 9.84 Å². The first-order valence-corrected chi connectivity index (χ1v) is 9.58. The van der Waals surface area contributed by atoms with Crippen LogP contribution in [0.3, 0.4) is 0 Å². The van der Waals surface area contributed by atoms with E-state index >= 15 is 0 Å². The summed E-state index contributed by atoms with van der Waals surface area (Å²) < 4.78 is 5.61. The number of rotatable bonds is 11. The van der Waals surface area contributed by atoms with Gasteiger partial charge in [0.1, 0.15) is 12.2 Å². The standard InChI is InChI=1S/C21H38N2O2/c1-7-22(8-2)15-11-12-17-25-19-20(5)18-21(6,24)14-13-16-23(9-3)10-4/h20,24H,7-10,15-19H2,1-6H3. The molecule has 25 heavy (non-hydrogen) atoms. The van der Waals surface area contributed by atoms with Gasteiger partial charge in [0.15, 0.2) is 0 Å². The molecule has 4 nitrogen and oxygen atoms in total. The maximum absolute atomic E-state index is 10.4. The van der Waals surface area contributed by atoms with Crippen LogP contribution in [0.15, 0.2) is 0 Å². The van der Waals surface area contributed by atoms with Gasteiger partial charge in [0.05, 0.1) is 19.7 Å². The number of nitrogens with zero attached hydrogens (tertiary/aromatic N) is 2. The predicted molar refractivity (Wildman–Crippen MR) is 106 cm³/mol. The minimum atomic E-state index is -0.968. The average Bonchev–Trinajstić information content (AvgIpc) is 2.57. The van der Waals surface area contributed by atoms with E-state index in [1.54, 1.807) is 6.92 Å². The van der Waals surface area contributed by atoms with Crippen molar-refractivity contribution in [1.29, 1.82) is 0 Å². The molecule has 0 heterocycles. The summed E-state index contributed by atoms with van der Waals surface area (Å²) in [5, 5.41) is 10.4. The molecule has 0 saturated carbocycles. The molecular formula is C21H38N2O2. The Balaban J connectivity index is 4.10. The lowest BCUT2D eigenvalue weighted by molar-refractivity contribution is 0.0611. The summed E-state index contributed by atoms with van der Waals surface area (Å²) in [6.07, 6.45) is 0.602. The first kappa shape index (κ1) is 24.0. The van der Waals surface area contributed by atoms with Crippen molar-refractivity contribution in [3.8, 4) is 23.7 Å². The van der Waals surface area contributed by atoms with Crippen LogP contribution in [-0.4, -0.2) is 73.0 Å². The Hall–Kier alpha value is -1.04. The zero-order valence-electron chi connectivity index (χ0n) is 17.2. The van der Waals surface area contributed by atoms with Crippen molar-refractivity contribution >= 4 is 0 Å².